The molecule has 5 heteroatoms. The molecule has 0 bridgehead atoms. The van der Waals surface area contributed by atoms with Crippen LogP contribution in [0.1, 0.15) is 25.3 Å². The molecule has 0 spiro atoms. The second kappa shape index (κ2) is 7.94. The zero-order valence-electron chi connectivity index (χ0n) is 13.0. The summed E-state index contributed by atoms with van der Waals surface area (Å²) in [5, 5.41) is 3.00. The molecule has 1 saturated heterocycles. The molecule has 1 heterocycles. The van der Waals surface area contributed by atoms with Crippen LogP contribution < -0.4 is 11.1 Å². The number of hydrogen-bond donors (Lipinski definition) is 2. The number of likely N-dealkylation sites (tertiary alicyclic amines) is 1. The number of nitrogens with zero attached hydrogens (tertiary/aromatic N) is 1. The van der Waals surface area contributed by atoms with Crippen LogP contribution in [0.4, 0.5) is 0 Å². The molecular formula is C17H24N3O2. The average Bonchev–Trinajstić information content (AvgIpc) is 2.92. The molecule has 1 fully saturated rings. The monoisotopic (exact) mass is 302 g/mol. The average molecular weight is 302 g/mol. The van der Waals surface area contributed by atoms with Gasteiger partial charge in [-0.3, -0.25) is 14.5 Å². The Bertz CT molecular complexity index is 504. The van der Waals surface area contributed by atoms with E-state index in [1.54, 1.807) is 6.92 Å². The molecule has 119 valence electrons. The van der Waals surface area contributed by atoms with Gasteiger partial charge in [-0.2, -0.15) is 0 Å². The van der Waals surface area contributed by atoms with Crippen LogP contribution >= 0.6 is 0 Å². The largest absolute Gasteiger partial charge is 0.369 e. The Morgan fingerprint density at radius 3 is 2.82 bits per heavy atom. The fourth-order valence-corrected chi connectivity index (χ4v) is 2.60. The molecule has 22 heavy (non-hydrogen) atoms. The molecule has 3 N–H and O–H groups in total. The third-order valence-corrected chi connectivity index (χ3v) is 4.01. The number of benzene rings is 1. The van der Waals surface area contributed by atoms with Crippen LogP contribution in [-0.4, -0.2) is 35.8 Å². The van der Waals surface area contributed by atoms with Crippen LogP contribution in [-0.2, 0) is 16.1 Å². The van der Waals surface area contributed by atoms with Crippen LogP contribution in [0.3, 0.4) is 0 Å². The quantitative estimate of drug-likeness (QED) is 0.792. The third kappa shape index (κ3) is 5.15. The first-order valence-corrected chi connectivity index (χ1v) is 7.74. The van der Waals surface area contributed by atoms with Gasteiger partial charge in [0.2, 0.25) is 11.8 Å². The first kappa shape index (κ1) is 16.5. The number of primary amides is 1. The highest BCUT2D eigenvalue weighted by atomic mass is 16.2. The predicted molar refractivity (Wildman–Crippen MR) is 85.5 cm³/mol. The maximum Gasteiger partial charge on any atom is 0.224 e. The summed E-state index contributed by atoms with van der Waals surface area (Å²) in [4.78, 5) is 25.1. The Labute approximate surface area is 131 Å². The van der Waals surface area contributed by atoms with E-state index in [0.717, 1.165) is 26.1 Å². The Balaban J connectivity index is 1.70. The van der Waals surface area contributed by atoms with Gasteiger partial charge in [0.25, 0.3) is 0 Å². The Kier molecular flexibility index (Phi) is 5.95. The number of nitrogens with two attached hydrogens (primary N) is 1. The summed E-state index contributed by atoms with van der Waals surface area (Å²) in [6.07, 6.45) is 2.87. The lowest BCUT2D eigenvalue weighted by Gasteiger charge is -2.17. The van der Waals surface area contributed by atoms with Gasteiger partial charge in [0.1, 0.15) is 0 Å². The van der Waals surface area contributed by atoms with Crippen molar-refractivity contribution in [2.75, 3.05) is 13.1 Å². The minimum absolute atomic E-state index is 0.111. The van der Waals surface area contributed by atoms with Gasteiger partial charge < -0.3 is 11.1 Å². The van der Waals surface area contributed by atoms with E-state index < -0.39 is 0 Å². The molecule has 2 atom stereocenters. The van der Waals surface area contributed by atoms with E-state index in [1.807, 2.05) is 18.2 Å². The SMILES string of the molecule is CC(C[CH]C(=O)N[C@H]1CCN(Cc2ccccc2)C1)C(N)=O. The minimum atomic E-state index is -0.376. The highest BCUT2D eigenvalue weighted by Crippen LogP contribution is 2.14. The second-order valence-electron chi connectivity index (χ2n) is 5.96. The molecular weight excluding hydrogens is 278 g/mol. The highest BCUT2D eigenvalue weighted by Gasteiger charge is 2.24. The smallest absolute Gasteiger partial charge is 0.224 e. The molecule has 5 nitrogen and oxygen atoms in total. The fraction of sp³-hybridized carbons (Fsp3) is 0.471. The number of carbonyl (C=O) groups excluding carboxylic acids is 2. The Morgan fingerprint density at radius 2 is 2.14 bits per heavy atom. The van der Waals surface area contributed by atoms with Gasteiger partial charge in [0.05, 0.1) is 6.42 Å². The molecule has 0 saturated carbocycles. The molecule has 1 aromatic rings. The highest BCUT2D eigenvalue weighted by molar-refractivity contribution is 5.86. The maximum atomic E-state index is 11.9. The summed E-state index contributed by atoms with van der Waals surface area (Å²) in [7, 11) is 0. The number of carbonyl (C=O) groups is 2. The topological polar surface area (TPSA) is 75.4 Å². The molecule has 0 aliphatic carbocycles. The van der Waals surface area contributed by atoms with Gasteiger partial charge >= 0.3 is 0 Å². The summed E-state index contributed by atoms with van der Waals surface area (Å²) < 4.78 is 0. The molecule has 0 aromatic heterocycles. The van der Waals surface area contributed by atoms with Crippen LogP contribution in [0.15, 0.2) is 30.3 Å². The Morgan fingerprint density at radius 1 is 1.41 bits per heavy atom. The van der Waals surface area contributed by atoms with E-state index >= 15 is 0 Å². The Hall–Kier alpha value is -1.88. The lowest BCUT2D eigenvalue weighted by molar-refractivity contribution is -0.121. The summed E-state index contributed by atoms with van der Waals surface area (Å²) in [5.41, 5.74) is 6.47. The lowest BCUT2D eigenvalue weighted by atomic mass is 10.0. The van der Waals surface area contributed by atoms with Crippen molar-refractivity contribution in [1.29, 1.82) is 0 Å². The molecule has 1 unspecified atom stereocenters. The summed E-state index contributed by atoms with van der Waals surface area (Å²) in [5.74, 6) is -0.789. The van der Waals surface area contributed by atoms with E-state index in [2.05, 4.69) is 22.3 Å². The molecule has 2 rings (SSSR count). The van der Waals surface area contributed by atoms with Gasteiger partial charge in [-0.15, -0.1) is 0 Å². The van der Waals surface area contributed by atoms with Crippen molar-refractivity contribution in [2.45, 2.75) is 32.4 Å². The maximum absolute atomic E-state index is 11.9. The number of nitrogens with one attached hydrogen (secondary N) is 1. The number of hydrogen-bond acceptors (Lipinski definition) is 3. The first-order valence-electron chi connectivity index (χ1n) is 7.74. The summed E-state index contributed by atoms with van der Waals surface area (Å²) >= 11 is 0. The van der Waals surface area contributed by atoms with Gasteiger partial charge in [-0.1, -0.05) is 37.3 Å². The van der Waals surface area contributed by atoms with E-state index in [4.69, 9.17) is 5.73 Å². The van der Waals surface area contributed by atoms with Gasteiger partial charge in [-0.05, 0) is 18.4 Å². The molecule has 1 aliphatic rings. The van der Waals surface area contributed by atoms with Crippen molar-refractivity contribution < 1.29 is 9.59 Å². The van der Waals surface area contributed by atoms with E-state index in [9.17, 15) is 9.59 Å². The van der Waals surface area contributed by atoms with Crippen LogP contribution in [0.2, 0.25) is 0 Å². The summed E-state index contributed by atoms with van der Waals surface area (Å²) in [6.45, 7) is 4.48. The van der Waals surface area contributed by atoms with Gasteiger partial charge in [0, 0.05) is 31.6 Å². The normalized spacial score (nSPS) is 19.8. The van der Waals surface area contributed by atoms with Crippen molar-refractivity contribution in [3.05, 3.63) is 42.3 Å². The molecule has 1 aliphatic heterocycles. The van der Waals surface area contributed by atoms with Crippen LogP contribution in [0.5, 0.6) is 0 Å². The van der Waals surface area contributed by atoms with Crippen LogP contribution in [0.25, 0.3) is 0 Å². The van der Waals surface area contributed by atoms with Crippen molar-refractivity contribution in [2.24, 2.45) is 11.7 Å². The van der Waals surface area contributed by atoms with Crippen molar-refractivity contribution >= 4 is 11.8 Å². The molecule has 2 amide bonds. The zero-order valence-corrected chi connectivity index (χ0v) is 13.0. The van der Waals surface area contributed by atoms with Crippen molar-refractivity contribution in [1.82, 2.24) is 10.2 Å². The van der Waals surface area contributed by atoms with Gasteiger partial charge in [0.15, 0.2) is 0 Å². The van der Waals surface area contributed by atoms with E-state index in [-0.39, 0.29) is 23.8 Å². The zero-order chi connectivity index (χ0) is 15.9. The van der Waals surface area contributed by atoms with Gasteiger partial charge in [-0.25, -0.2) is 0 Å². The predicted octanol–water partition coefficient (Wildman–Crippen LogP) is 1.09. The minimum Gasteiger partial charge on any atom is -0.369 e. The van der Waals surface area contributed by atoms with Crippen LogP contribution in [0, 0.1) is 12.3 Å². The first-order chi connectivity index (χ1) is 10.5. The van der Waals surface area contributed by atoms with E-state index in [1.165, 1.54) is 12.0 Å². The standard InChI is InChI=1S/C17H24N3O2/c1-13(17(18)22)7-8-16(21)19-15-9-10-20(12-15)11-14-5-3-2-4-6-14/h2-6,8,13,15H,7,9-12H2,1H3,(H2,18,22)(H,19,21)/t13?,15-/m0/s1. The summed E-state index contributed by atoms with van der Waals surface area (Å²) in [6, 6.07) is 10.5. The fourth-order valence-electron chi connectivity index (χ4n) is 2.60. The lowest BCUT2D eigenvalue weighted by Crippen LogP contribution is -2.37. The van der Waals surface area contributed by atoms with E-state index in [0.29, 0.717) is 6.42 Å². The third-order valence-electron chi connectivity index (χ3n) is 4.01. The molecule has 1 aromatic carbocycles. The second-order valence-corrected chi connectivity index (χ2v) is 5.96. The number of amides is 2. The molecule has 1 radical (unpaired) electrons. The number of rotatable bonds is 7. The van der Waals surface area contributed by atoms with Crippen molar-refractivity contribution in [3.63, 3.8) is 0 Å². The van der Waals surface area contributed by atoms with Crippen molar-refractivity contribution in [3.8, 4) is 0 Å².